The van der Waals surface area contributed by atoms with Crippen molar-refractivity contribution in [2.24, 2.45) is 0 Å². The first-order valence-electron chi connectivity index (χ1n) is 21.1. The number of nitrogens with zero attached hydrogens (tertiary/aromatic N) is 1. The van der Waals surface area contributed by atoms with Gasteiger partial charge >= 0.3 is 0 Å². The maximum absolute atomic E-state index is 2.46. The molecule has 0 atom stereocenters. The van der Waals surface area contributed by atoms with Crippen LogP contribution in [0.4, 0.5) is 17.1 Å². The Kier molecular flexibility index (Phi) is 8.25. The van der Waals surface area contributed by atoms with Gasteiger partial charge in [-0.05, 0) is 129 Å². The highest BCUT2D eigenvalue weighted by Crippen LogP contribution is 2.47. The molecule has 12 aromatic rings. The molecule has 12 rings (SSSR count). The van der Waals surface area contributed by atoms with Gasteiger partial charge in [0.05, 0.1) is 5.69 Å². The molecule has 1 heteroatoms. The quantitative estimate of drug-likeness (QED) is 0.152. The normalized spacial score (nSPS) is 11.6. The third kappa shape index (κ3) is 5.86. The van der Waals surface area contributed by atoms with Gasteiger partial charge in [0.25, 0.3) is 0 Å². The van der Waals surface area contributed by atoms with Crippen molar-refractivity contribution in [3.05, 3.63) is 237 Å². The molecule has 1 nitrogen and oxygen atoms in total. The molecule has 0 aliphatic rings. The Balaban J connectivity index is 1.10. The molecule has 0 saturated carbocycles. The van der Waals surface area contributed by atoms with Crippen LogP contribution in [0.5, 0.6) is 0 Å². The van der Waals surface area contributed by atoms with E-state index in [9.17, 15) is 0 Å². The molecule has 0 unspecified atom stereocenters. The summed E-state index contributed by atoms with van der Waals surface area (Å²) in [6.45, 7) is 0. The van der Waals surface area contributed by atoms with Gasteiger partial charge in [-0.15, -0.1) is 0 Å². The van der Waals surface area contributed by atoms with Crippen molar-refractivity contribution < 1.29 is 0 Å². The average Bonchev–Trinajstić information content (AvgIpc) is 3.34. The summed E-state index contributed by atoms with van der Waals surface area (Å²) in [6.07, 6.45) is 0. The lowest BCUT2D eigenvalue weighted by Gasteiger charge is -2.28. The lowest BCUT2D eigenvalue weighted by atomic mass is 9.84. The van der Waals surface area contributed by atoms with E-state index in [0.29, 0.717) is 0 Å². The van der Waals surface area contributed by atoms with Crippen LogP contribution in [0.25, 0.3) is 98.0 Å². The molecule has 0 aromatic heterocycles. The van der Waals surface area contributed by atoms with E-state index < -0.39 is 0 Å². The van der Waals surface area contributed by atoms with Crippen LogP contribution in [0.2, 0.25) is 0 Å². The standard InChI is InChI=1S/C60H39N/c1-3-17-41(18-4-1)59-56-29-14-12-27-53(56)54-34-32-44(38-57(54)60(59)42-19-5-2-6-20-42)43-22-15-23-47(36-43)61(48-33-35-51-46(37-48)31-30-40-16-7-9-24-49(40)51)58-39-45-21-8-10-25-50(45)52-26-11-13-28-55(52)58/h1-39H. The van der Waals surface area contributed by atoms with E-state index in [1.807, 2.05) is 0 Å². The zero-order valence-electron chi connectivity index (χ0n) is 33.5. The average molecular weight is 774 g/mol. The highest BCUT2D eigenvalue weighted by molar-refractivity contribution is 6.22. The topological polar surface area (TPSA) is 3.24 Å². The van der Waals surface area contributed by atoms with Gasteiger partial charge in [-0.1, -0.05) is 200 Å². The fourth-order valence-corrected chi connectivity index (χ4v) is 9.79. The van der Waals surface area contributed by atoms with E-state index in [-0.39, 0.29) is 0 Å². The molecule has 0 N–H and O–H groups in total. The van der Waals surface area contributed by atoms with E-state index >= 15 is 0 Å². The number of anilines is 3. The van der Waals surface area contributed by atoms with Crippen molar-refractivity contribution in [2.45, 2.75) is 0 Å². The third-order valence-electron chi connectivity index (χ3n) is 12.6. The van der Waals surface area contributed by atoms with Gasteiger partial charge in [0, 0.05) is 16.8 Å². The highest BCUT2D eigenvalue weighted by atomic mass is 15.1. The number of fused-ring (bicyclic) bond motifs is 9. The minimum Gasteiger partial charge on any atom is -0.310 e. The summed E-state index contributed by atoms with van der Waals surface area (Å²) < 4.78 is 0. The van der Waals surface area contributed by atoms with Gasteiger partial charge in [-0.25, -0.2) is 0 Å². The van der Waals surface area contributed by atoms with E-state index in [1.165, 1.54) is 92.5 Å². The van der Waals surface area contributed by atoms with Crippen molar-refractivity contribution in [2.75, 3.05) is 4.90 Å². The van der Waals surface area contributed by atoms with Crippen LogP contribution in [0.15, 0.2) is 237 Å². The summed E-state index contributed by atoms with van der Waals surface area (Å²) in [5.41, 5.74) is 10.6. The predicted octanol–water partition coefficient (Wildman–Crippen LogP) is 17.1. The Hall–Kier alpha value is -8.00. The molecule has 0 spiro atoms. The molecule has 284 valence electrons. The number of hydrogen-bond donors (Lipinski definition) is 0. The molecular formula is C60H39N. The highest BCUT2D eigenvalue weighted by Gasteiger charge is 2.21. The van der Waals surface area contributed by atoms with Crippen molar-refractivity contribution in [3.8, 4) is 33.4 Å². The second-order valence-corrected chi connectivity index (χ2v) is 16.0. The lowest BCUT2D eigenvalue weighted by molar-refractivity contribution is 1.31. The second-order valence-electron chi connectivity index (χ2n) is 16.0. The van der Waals surface area contributed by atoms with Crippen molar-refractivity contribution in [1.82, 2.24) is 0 Å². The number of benzene rings is 12. The maximum Gasteiger partial charge on any atom is 0.0546 e. The molecule has 0 fully saturated rings. The summed E-state index contributed by atoms with van der Waals surface area (Å²) in [5, 5.41) is 14.9. The van der Waals surface area contributed by atoms with Crippen LogP contribution in [-0.2, 0) is 0 Å². The fraction of sp³-hybridized carbons (Fsp3) is 0. The molecule has 0 aliphatic heterocycles. The van der Waals surface area contributed by atoms with Crippen LogP contribution in [0.1, 0.15) is 0 Å². The fourth-order valence-electron chi connectivity index (χ4n) is 9.79. The van der Waals surface area contributed by atoms with Gasteiger partial charge in [0.1, 0.15) is 0 Å². The molecule has 0 saturated heterocycles. The monoisotopic (exact) mass is 773 g/mol. The molecular weight excluding hydrogens is 735 g/mol. The smallest absolute Gasteiger partial charge is 0.0546 e. The Morgan fingerprint density at radius 2 is 0.672 bits per heavy atom. The van der Waals surface area contributed by atoms with Gasteiger partial charge in [0.15, 0.2) is 0 Å². The molecule has 0 aliphatic carbocycles. The number of rotatable bonds is 6. The Labute approximate surface area is 355 Å². The zero-order chi connectivity index (χ0) is 40.3. The van der Waals surface area contributed by atoms with Crippen molar-refractivity contribution in [3.63, 3.8) is 0 Å². The van der Waals surface area contributed by atoms with E-state index in [2.05, 4.69) is 241 Å². The molecule has 0 bridgehead atoms. The van der Waals surface area contributed by atoms with E-state index in [0.717, 1.165) is 22.6 Å². The van der Waals surface area contributed by atoms with Crippen LogP contribution in [0.3, 0.4) is 0 Å². The third-order valence-corrected chi connectivity index (χ3v) is 12.6. The summed E-state index contributed by atoms with van der Waals surface area (Å²) in [5.74, 6) is 0. The van der Waals surface area contributed by atoms with Crippen LogP contribution in [-0.4, -0.2) is 0 Å². The van der Waals surface area contributed by atoms with Gasteiger partial charge in [-0.2, -0.15) is 0 Å². The van der Waals surface area contributed by atoms with Gasteiger partial charge in [0.2, 0.25) is 0 Å². The van der Waals surface area contributed by atoms with E-state index in [1.54, 1.807) is 0 Å². The Bertz CT molecular complexity index is 3640. The molecule has 0 amide bonds. The van der Waals surface area contributed by atoms with Crippen LogP contribution in [0, 0.1) is 0 Å². The first kappa shape index (κ1) is 35.0. The van der Waals surface area contributed by atoms with Crippen molar-refractivity contribution >= 4 is 81.7 Å². The van der Waals surface area contributed by atoms with Gasteiger partial charge in [-0.3, -0.25) is 0 Å². The largest absolute Gasteiger partial charge is 0.310 e. The minimum atomic E-state index is 1.10. The first-order chi connectivity index (χ1) is 30.3. The van der Waals surface area contributed by atoms with Crippen molar-refractivity contribution in [1.29, 1.82) is 0 Å². The number of hydrogen-bond acceptors (Lipinski definition) is 1. The first-order valence-corrected chi connectivity index (χ1v) is 21.1. The Morgan fingerprint density at radius 1 is 0.213 bits per heavy atom. The SMILES string of the molecule is c1ccc(-c2c(-c3ccccc3)c3cc(-c4cccc(N(c5ccc6c(ccc7ccccc76)c5)c5cc6ccccc6c6ccccc56)c4)ccc3c3ccccc23)cc1. The lowest BCUT2D eigenvalue weighted by Crippen LogP contribution is -2.11. The summed E-state index contributed by atoms with van der Waals surface area (Å²) >= 11 is 0. The maximum atomic E-state index is 2.46. The molecule has 0 heterocycles. The second kappa shape index (κ2) is 14.4. The predicted molar refractivity (Wildman–Crippen MR) is 262 cm³/mol. The zero-order valence-corrected chi connectivity index (χ0v) is 33.5. The van der Waals surface area contributed by atoms with Gasteiger partial charge < -0.3 is 4.90 Å². The Morgan fingerprint density at radius 3 is 1.41 bits per heavy atom. The minimum absolute atomic E-state index is 1.10. The summed E-state index contributed by atoms with van der Waals surface area (Å²) in [6, 6.07) is 87.0. The van der Waals surface area contributed by atoms with Crippen LogP contribution < -0.4 is 4.90 Å². The molecule has 0 radical (unpaired) electrons. The summed E-state index contributed by atoms with van der Waals surface area (Å²) in [4.78, 5) is 2.46. The van der Waals surface area contributed by atoms with Crippen LogP contribution >= 0.6 is 0 Å². The molecule has 61 heavy (non-hydrogen) atoms. The molecule has 12 aromatic carbocycles. The summed E-state index contributed by atoms with van der Waals surface area (Å²) in [7, 11) is 0. The van der Waals surface area contributed by atoms with E-state index in [4.69, 9.17) is 0 Å².